The van der Waals surface area contributed by atoms with Crippen molar-refractivity contribution in [2.75, 3.05) is 13.7 Å². The SMILES string of the molecule is COC(=O)C(C1CC1)N1CCCc2ccccc2C1. The molecule has 0 N–H and O–H groups in total. The molecule has 3 heteroatoms. The maximum absolute atomic E-state index is 12.1. The number of hydrogen-bond acceptors (Lipinski definition) is 3. The summed E-state index contributed by atoms with van der Waals surface area (Å²) in [6, 6.07) is 8.56. The number of fused-ring (bicyclic) bond motifs is 1. The molecule has 0 amide bonds. The summed E-state index contributed by atoms with van der Waals surface area (Å²) < 4.78 is 5.02. The molecule has 1 saturated carbocycles. The minimum absolute atomic E-state index is 0.0313. The molecule has 0 spiro atoms. The number of aryl methyl sites for hydroxylation is 1. The summed E-state index contributed by atoms with van der Waals surface area (Å²) >= 11 is 0. The smallest absolute Gasteiger partial charge is 0.323 e. The Morgan fingerprint density at radius 2 is 2.05 bits per heavy atom. The summed E-state index contributed by atoms with van der Waals surface area (Å²) in [5.41, 5.74) is 2.80. The zero-order valence-electron chi connectivity index (χ0n) is 11.5. The summed E-state index contributed by atoms with van der Waals surface area (Å²) in [5.74, 6) is 0.458. The molecule has 1 aromatic carbocycles. The Morgan fingerprint density at radius 1 is 1.32 bits per heavy atom. The highest BCUT2D eigenvalue weighted by molar-refractivity contribution is 5.76. The first-order chi connectivity index (χ1) is 9.29. The van der Waals surface area contributed by atoms with Crippen LogP contribution in [0.2, 0.25) is 0 Å². The van der Waals surface area contributed by atoms with Gasteiger partial charge in [0.2, 0.25) is 0 Å². The standard InChI is InChI=1S/C16H21NO2/c1-19-16(18)15(13-8-9-13)17-10-4-7-12-5-2-3-6-14(12)11-17/h2-3,5-6,13,15H,4,7-11H2,1H3. The van der Waals surface area contributed by atoms with Gasteiger partial charge in [0.15, 0.2) is 0 Å². The molecular weight excluding hydrogens is 238 g/mol. The number of carbonyl (C=O) groups is 1. The lowest BCUT2D eigenvalue weighted by Gasteiger charge is -2.28. The molecule has 0 radical (unpaired) electrons. The van der Waals surface area contributed by atoms with Crippen LogP contribution < -0.4 is 0 Å². The van der Waals surface area contributed by atoms with Crippen LogP contribution >= 0.6 is 0 Å². The average molecular weight is 259 g/mol. The van der Waals surface area contributed by atoms with E-state index in [4.69, 9.17) is 4.74 Å². The van der Waals surface area contributed by atoms with Crippen molar-refractivity contribution in [3.63, 3.8) is 0 Å². The molecule has 1 aliphatic heterocycles. The molecule has 0 saturated heterocycles. The first kappa shape index (κ1) is 12.7. The molecule has 1 unspecified atom stereocenters. The third-order valence-corrected chi connectivity index (χ3v) is 4.29. The van der Waals surface area contributed by atoms with E-state index in [2.05, 4.69) is 29.2 Å². The molecule has 0 aromatic heterocycles. The van der Waals surface area contributed by atoms with Crippen LogP contribution in [0.3, 0.4) is 0 Å². The Kier molecular flexibility index (Phi) is 3.56. The highest BCUT2D eigenvalue weighted by Crippen LogP contribution is 2.37. The zero-order valence-corrected chi connectivity index (χ0v) is 11.5. The Bertz CT molecular complexity index is 468. The first-order valence-electron chi connectivity index (χ1n) is 7.18. The molecule has 1 aromatic rings. The van der Waals surface area contributed by atoms with Crippen molar-refractivity contribution in [3.05, 3.63) is 35.4 Å². The van der Waals surface area contributed by atoms with Crippen LogP contribution in [0.25, 0.3) is 0 Å². The topological polar surface area (TPSA) is 29.5 Å². The normalized spacial score (nSPS) is 21.3. The summed E-state index contributed by atoms with van der Waals surface area (Å²) in [4.78, 5) is 14.4. The Balaban J connectivity index is 1.82. The Labute approximate surface area is 114 Å². The molecule has 3 rings (SSSR count). The van der Waals surface area contributed by atoms with Gasteiger partial charge in [-0.05, 0) is 49.3 Å². The highest BCUT2D eigenvalue weighted by Gasteiger charge is 2.41. The molecule has 102 valence electrons. The number of methoxy groups -OCH3 is 1. The second kappa shape index (κ2) is 5.33. The van der Waals surface area contributed by atoms with E-state index in [-0.39, 0.29) is 12.0 Å². The molecule has 1 heterocycles. The van der Waals surface area contributed by atoms with Gasteiger partial charge in [0.05, 0.1) is 7.11 Å². The lowest BCUT2D eigenvalue weighted by Crippen LogP contribution is -2.43. The van der Waals surface area contributed by atoms with E-state index in [1.807, 2.05) is 0 Å². The van der Waals surface area contributed by atoms with E-state index < -0.39 is 0 Å². The zero-order chi connectivity index (χ0) is 13.2. The largest absolute Gasteiger partial charge is 0.468 e. The van der Waals surface area contributed by atoms with Gasteiger partial charge in [-0.2, -0.15) is 0 Å². The fourth-order valence-corrected chi connectivity index (χ4v) is 3.14. The number of esters is 1. The fourth-order valence-electron chi connectivity index (χ4n) is 3.14. The molecular formula is C16H21NO2. The molecule has 0 bridgehead atoms. The van der Waals surface area contributed by atoms with Gasteiger partial charge in [-0.25, -0.2) is 0 Å². The molecule has 19 heavy (non-hydrogen) atoms. The van der Waals surface area contributed by atoms with E-state index in [0.717, 1.165) is 38.8 Å². The van der Waals surface area contributed by atoms with Crippen LogP contribution in [0.15, 0.2) is 24.3 Å². The van der Waals surface area contributed by atoms with Crippen molar-refractivity contribution < 1.29 is 9.53 Å². The van der Waals surface area contributed by atoms with Gasteiger partial charge in [0, 0.05) is 6.54 Å². The van der Waals surface area contributed by atoms with Crippen LogP contribution in [-0.2, 0) is 22.5 Å². The summed E-state index contributed by atoms with van der Waals surface area (Å²) in [7, 11) is 1.50. The molecule has 1 aliphatic carbocycles. The lowest BCUT2D eigenvalue weighted by molar-refractivity contribution is -0.148. The number of ether oxygens (including phenoxy) is 1. The van der Waals surface area contributed by atoms with Crippen LogP contribution in [0.4, 0.5) is 0 Å². The van der Waals surface area contributed by atoms with Crippen molar-refractivity contribution in [3.8, 4) is 0 Å². The quantitative estimate of drug-likeness (QED) is 0.781. The van der Waals surface area contributed by atoms with Crippen molar-refractivity contribution in [1.29, 1.82) is 0 Å². The van der Waals surface area contributed by atoms with E-state index in [0.29, 0.717) is 5.92 Å². The Hall–Kier alpha value is -1.35. The highest BCUT2D eigenvalue weighted by atomic mass is 16.5. The number of nitrogens with zero attached hydrogens (tertiary/aromatic N) is 1. The van der Waals surface area contributed by atoms with Gasteiger partial charge in [0.1, 0.15) is 6.04 Å². The second-order valence-corrected chi connectivity index (χ2v) is 5.65. The summed E-state index contributed by atoms with van der Waals surface area (Å²) in [6.45, 7) is 1.87. The summed E-state index contributed by atoms with van der Waals surface area (Å²) in [5, 5.41) is 0. The van der Waals surface area contributed by atoms with Crippen LogP contribution in [0, 0.1) is 5.92 Å². The lowest BCUT2D eigenvalue weighted by atomic mass is 10.0. The third-order valence-electron chi connectivity index (χ3n) is 4.29. The second-order valence-electron chi connectivity index (χ2n) is 5.65. The van der Waals surface area contributed by atoms with Crippen molar-refractivity contribution in [2.24, 2.45) is 5.92 Å². The Morgan fingerprint density at radius 3 is 2.74 bits per heavy atom. The van der Waals surface area contributed by atoms with Crippen molar-refractivity contribution in [2.45, 2.75) is 38.3 Å². The van der Waals surface area contributed by atoms with Gasteiger partial charge in [-0.1, -0.05) is 24.3 Å². The number of hydrogen-bond donors (Lipinski definition) is 0. The van der Waals surface area contributed by atoms with Gasteiger partial charge >= 0.3 is 5.97 Å². The number of carbonyl (C=O) groups excluding carboxylic acids is 1. The van der Waals surface area contributed by atoms with Crippen LogP contribution in [-0.4, -0.2) is 30.6 Å². The average Bonchev–Trinajstić information content (AvgIpc) is 3.25. The minimum atomic E-state index is -0.0538. The monoisotopic (exact) mass is 259 g/mol. The third kappa shape index (κ3) is 2.66. The fraction of sp³-hybridized carbons (Fsp3) is 0.562. The minimum Gasteiger partial charge on any atom is -0.468 e. The van der Waals surface area contributed by atoms with E-state index >= 15 is 0 Å². The number of rotatable bonds is 3. The van der Waals surface area contributed by atoms with E-state index in [9.17, 15) is 4.79 Å². The molecule has 2 aliphatic rings. The predicted molar refractivity (Wildman–Crippen MR) is 73.7 cm³/mol. The van der Waals surface area contributed by atoms with E-state index in [1.54, 1.807) is 0 Å². The maximum atomic E-state index is 12.1. The van der Waals surface area contributed by atoms with Gasteiger partial charge in [0.25, 0.3) is 0 Å². The van der Waals surface area contributed by atoms with E-state index in [1.165, 1.54) is 18.2 Å². The molecule has 1 fully saturated rings. The first-order valence-corrected chi connectivity index (χ1v) is 7.18. The molecule has 3 nitrogen and oxygen atoms in total. The van der Waals surface area contributed by atoms with Gasteiger partial charge in [-0.15, -0.1) is 0 Å². The van der Waals surface area contributed by atoms with Crippen molar-refractivity contribution in [1.82, 2.24) is 4.90 Å². The van der Waals surface area contributed by atoms with Crippen molar-refractivity contribution >= 4 is 5.97 Å². The number of benzene rings is 1. The van der Waals surface area contributed by atoms with Gasteiger partial charge < -0.3 is 4.74 Å². The van der Waals surface area contributed by atoms with Crippen LogP contribution in [0.5, 0.6) is 0 Å². The molecule has 1 atom stereocenters. The predicted octanol–water partition coefficient (Wildman–Crippen LogP) is 2.39. The van der Waals surface area contributed by atoms with Crippen LogP contribution in [0.1, 0.15) is 30.4 Å². The van der Waals surface area contributed by atoms with Gasteiger partial charge in [-0.3, -0.25) is 9.69 Å². The maximum Gasteiger partial charge on any atom is 0.323 e. The summed E-state index contributed by atoms with van der Waals surface area (Å²) in [6.07, 6.45) is 4.57.